The lowest BCUT2D eigenvalue weighted by molar-refractivity contribution is 0.179. The largest absolute Gasteiger partial charge is 0.495 e. The Balaban J connectivity index is 1.64. The van der Waals surface area contributed by atoms with Crippen LogP contribution in [0.15, 0.2) is 42.5 Å². The molecular weight excluding hydrogens is 338 g/mol. The molecule has 0 aliphatic carbocycles. The molecule has 5 nitrogen and oxygen atoms in total. The second-order valence-corrected chi connectivity index (χ2v) is 7.06. The number of amides is 2. The highest BCUT2D eigenvalue weighted by molar-refractivity contribution is 5.92. The van der Waals surface area contributed by atoms with E-state index in [9.17, 15) is 4.79 Å². The summed E-state index contributed by atoms with van der Waals surface area (Å²) >= 11 is 0. The molecule has 1 aliphatic heterocycles. The summed E-state index contributed by atoms with van der Waals surface area (Å²) in [6, 6.07) is 14.1. The molecular formula is C22H25N3O2. The molecule has 2 aromatic carbocycles. The number of fused-ring (bicyclic) bond motifs is 3. The van der Waals surface area contributed by atoms with Crippen LogP contribution >= 0.6 is 0 Å². The highest BCUT2D eigenvalue weighted by Crippen LogP contribution is 2.37. The van der Waals surface area contributed by atoms with E-state index in [0.717, 1.165) is 29.6 Å². The third kappa shape index (κ3) is 3.03. The number of aromatic nitrogens is 1. The monoisotopic (exact) mass is 363 g/mol. The maximum Gasteiger partial charge on any atom is 0.322 e. The van der Waals surface area contributed by atoms with Gasteiger partial charge in [-0.05, 0) is 49.1 Å². The molecule has 0 spiro atoms. The number of urea groups is 1. The fourth-order valence-electron chi connectivity index (χ4n) is 4.09. The van der Waals surface area contributed by atoms with Gasteiger partial charge in [0, 0.05) is 23.1 Å². The Morgan fingerprint density at radius 2 is 2.11 bits per heavy atom. The lowest BCUT2D eigenvalue weighted by Crippen LogP contribution is -2.42. The number of nitrogens with one attached hydrogen (secondary N) is 2. The molecule has 1 aromatic heterocycles. The van der Waals surface area contributed by atoms with Crippen molar-refractivity contribution in [1.29, 1.82) is 0 Å². The number of benzene rings is 2. The molecule has 0 radical (unpaired) electrons. The summed E-state index contributed by atoms with van der Waals surface area (Å²) in [7, 11) is 1.62. The first-order chi connectivity index (χ1) is 13.1. The molecule has 4 rings (SSSR count). The molecule has 140 valence electrons. The van der Waals surface area contributed by atoms with Crippen LogP contribution in [-0.4, -0.2) is 29.6 Å². The number of H-pyrrole nitrogens is 1. The first-order valence-corrected chi connectivity index (χ1v) is 9.44. The van der Waals surface area contributed by atoms with Crippen molar-refractivity contribution in [3.8, 4) is 5.75 Å². The first-order valence-electron chi connectivity index (χ1n) is 9.44. The lowest BCUT2D eigenvalue weighted by Gasteiger charge is -2.35. The molecule has 0 bridgehead atoms. The van der Waals surface area contributed by atoms with Crippen molar-refractivity contribution in [3.63, 3.8) is 0 Å². The van der Waals surface area contributed by atoms with Crippen molar-refractivity contribution in [1.82, 2.24) is 9.88 Å². The second kappa shape index (κ2) is 6.99. The summed E-state index contributed by atoms with van der Waals surface area (Å²) < 4.78 is 5.40. The van der Waals surface area contributed by atoms with Crippen molar-refractivity contribution < 1.29 is 9.53 Å². The van der Waals surface area contributed by atoms with Gasteiger partial charge in [0.05, 0.1) is 18.8 Å². The molecule has 1 atom stereocenters. The quantitative estimate of drug-likeness (QED) is 0.686. The summed E-state index contributed by atoms with van der Waals surface area (Å²) in [6.07, 6.45) is 1.71. The minimum atomic E-state index is -0.0879. The highest BCUT2D eigenvalue weighted by Gasteiger charge is 2.32. The van der Waals surface area contributed by atoms with Crippen LogP contribution in [0.1, 0.15) is 36.2 Å². The smallest absolute Gasteiger partial charge is 0.322 e. The van der Waals surface area contributed by atoms with Crippen molar-refractivity contribution in [2.75, 3.05) is 19.0 Å². The number of methoxy groups -OCH3 is 1. The zero-order chi connectivity index (χ0) is 19.0. The standard InChI is InChI=1S/C22H25N3O2/c1-4-19-21-16(15-7-5-6-8-17(15)23-21)11-12-25(19)22(26)24-18-13-14(2)9-10-20(18)27-3/h5-10,13,19,23H,4,11-12H2,1-3H3,(H,24,26). The van der Waals surface area contributed by atoms with Gasteiger partial charge in [-0.2, -0.15) is 0 Å². The van der Waals surface area contributed by atoms with Crippen LogP contribution in [0, 0.1) is 6.92 Å². The van der Waals surface area contributed by atoms with E-state index in [1.165, 1.54) is 10.9 Å². The van der Waals surface area contributed by atoms with Crippen LogP contribution in [0.5, 0.6) is 5.75 Å². The lowest BCUT2D eigenvalue weighted by atomic mass is 9.96. The number of carbonyl (C=O) groups excluding carboxylic acids is 1. The molecule has 5 heteroatoms. The van der Waals surface area contributed by atoms with Crippen molar-refractivity contribution in [2.24, 2.45) is 0 Å². The Bertz CT molecular complexity index is 992. The average molecular weight is 363 g/mol. The van der Waals surface area contributed by atoms with Crippen LogP contribution in [0.2, 0.25) is 0 Å². The molecule has 1 unspecified atom stereocenters. The first kappa shape index (κ1) is 17.5. The van der Waals surface area contributed by atoms with Gasteiger partial charge in [0.1, 0.15) is 5.75 Å². The number of anilines is 1. The number of aryl methyl sites for hydroxylation is 1. The number of para-hydroxylation sites is 1. The predicted octanol–water partition coefficient (Wildman–Crippen LogP) is 5.03. The molecule has 0 saturated carbocycles. The third-order valence-electron chi connectivity index (χ3n) is 5.40. The number of hydrogen-bond donors (Lipinski definition) is 2. The van der Waals surface area contributed by atoms with E-state index in [2.05, 4.69) is 35.4 Å². The van der Waals surface area contributed by atoms with Crippen molar-refractivity contribution in [3.05, 3.63) is 59.3 Å². The van der Waals surface area contributed by atoms with Gasteiger partial charge in [0.15, 0.2) is 0 Å². The molecule has 0 fully saturated rings. The van der Waals surface area contributed by atoms with E-state index in [4.69, 9.17) is 4.74 Å². The van der Waals surface area contributed by atoms with Crippen molar-refractivity contribution >= 4 is 22.6 Å². The Morgan fingerprint density at radius 3 is 2.89 bits per heavy atom. The van der Waals surface area contributed by atoms with Crippen LogP contribution in [0.4, 0.5) is 10.5 Å². The van der Waals surface area contributed by atoms with Crippen LogP contribution < -0.4 is 10.1 Å². The zero-order valence-corrected chi connectivity index (χ0v) is 16.0. The number of carbonyl (C=O) groups is 1. The molecule has 2 amide bonds. The maximum atomic E-state index is 13.1. The third-order valence-corrected chi connectivity index (χ3v) is 5.40. The van der Waals surface area contributed by atoms with Gasteiger partial charge in [0.25, 0.3) is 0 Å². The van der Waals surface area contributed by atoms with Gasteiger partial charge >= 0.3 is 6.03 Å². The zero-order valence-electron chi connectivity index (χ0n) is 16.0. The van der Waals surface area contributed by atoms with Crippen LogP contribution in [-0.2, 0) is 6.42 Å². The minimum Gasteiger partial charge on any atom is -0.495 e. The molecule has 0 saturated heterocycles. The van der Waals surface area contributed by atoms with Gasteiger partial charge in [-0.15, -0.1) is 0 Å². The summed E-state index contributed by atoms with van der Waals surface area (Å²) in [6.45, 7) is 4.83. The molecule has 1 aliphatic rings. The van der Waals surface area contributed by atoms with Gasteiger partial charge in [-0.1, -0.05) is 31.2 Å². The van der Waals surface area contributed by atoms with Gasteiger partial charge in [-0.25, -0.2) is 4.79 Å². The summed E-state index contributed by atoms with van der Waals surface area (Å²) in [5.74, 6) is 0.672. The van der Waals surface area contributed by atoms with Crippen LogP contribution in [0.25, 0.3) is 10.9 Å². The molecule has 3 aromatic rings. The van der Waals surface area contributed by atoms with E-state index in [0.29, 0.717) is 18.0 Å². The number of aromatic amines is 1. The topological polar surface area (TPSA) is 57.4 Å². The van der Waals surface area contributed by atoms with E-state index < -0.39 is 0 Å². The molecule has 2 N–H and O–H groups in total. The van der Waals surface area contributed by atoms with E-state index in [1.54, 1.807) is 7.11 Å². The molecule has 2 heterocycles. The van der Waals surface area contributed by atoms with E-state index in [-0.39, 0.29) is 12.1 Å². The Morgan fingerprint density at radius 1 is 1.30 bits per heavy atom. The van der Waals surface area contributed by atoms with Gasteiger partial charge < -0.3 is 19.9 Å². The number of rotatable bonds is 3. The van der Waals surface area contributed by atoms with Gasteiger partial charge in [-0.3, -0.25) is 0 Å². The Labute approximate surface area is 159 Å². The summed E-state index contributed by atoms with van der Waals surface area (Å²) in [4.78, 5) is 18.6. The SMILES string of the molecule is CCC1c2[nH]c3ccccc3c2CCN1C(=O)Nc1cc(C)ccc1OC. The van der Waals surface area contributed by atoms with E-state index in [1.807, 2.05) is 36.1 Å². The van der Waals surface area contributed by atoms with Gasteiger partial charge in [0.2, 0.25) is 0 Å². The number of ether oxygens (including phenoxy) is 1. The van der Waals surface area contributed by atoms with E-state index >= 15 is 0 Å². The Kier molecular flexibility index (Phi) is 4.52. The number of nitrogens with zero attached hydrogens (tertiary/aromatic N) is 1. The number of hydrogen-bond acceptors (Lipinski definition) is 2. The molecule has 27 heavy (non-hydrogen) atoms. The fraction of sp³-hybridized carbons (Fsp3) is 0.318. The minimum absolute atomic E-state index is 0.0388. The second-order valence-electron chi connectivity index (χ2n) is 7.06. The Hall–Kier alpha value is -2.95. The normalized spacial score (nSPS) is 16.3. The summed E-state index contributed by atoms with van der Waals surface area (Å²) in [5, 5.41) is 4.32. The van der Waals surface area contributed by atoms with Crippen LogP contribution in [0.3, 0.4) is 0 Å². The summed E-state index contributed by atoms with van der Waals surface area (Å²) in [5.41, 5.74) is 5.43. The highest BCUT2D eigenvalue weighted by atomic mass is 16.5. The average Bonchev–Trinajstić information content (AvgIpc) is 3.06. The van der Waals surface area contributed by atoms with Crippen molar-refractivity contribution in [2.45, 2.75) is 32.7 Å². The fourth-order valence-corrected chi connectivity index (χ4v) is 4.09. The predicted molar refractivity (Wildman–Crippen MR) is 108 cm³/mol. The maximum absolute atomic E-state index is 13.1.